The first kappa shape index (κ1) is 21.2. The highest BCUT2D eigenvalue weighted by Gasteiger charge is 2.29. The summed E-state index contributed by atoms with van der Waals surface area (Å²) < 4.78 is 25.2. The molecule has 0 saturated carbocycles. The molecule has 2 N–H and O–H groups in total. The highest BCUT2D eigenvalue weighted by Crippen LogP contribution is 2.36. The molecule has 1 unspecified atom stereocenters. The topological polar surface area (TPSA) is 84.9 Å². The summed E-state index contributed by atoms with van der Waals surface area (Å²) in [4.78, 5) is 23.8. The van der Waals surface area contributed by atoms with Crippen molar-refractivity contribution >= 4 is 23.5 Å². The van der Waals surface area contributed by atoms with Gasteiger partial charge in [0.15, 0.2) is 11.6 Å². The summed E-state index contributed by atoms with van der Waals surface area (Å²) in [5.41, 5.74) is -0.912. The Hall–Kier alpha value is -1.86. The van der Waals surface area contributed by atoms with Crippen molar-refractivity contribution in [3.63, 3.8) is 0 Å². The van der Waals surface area contributed by atoms with Crippen molar-refractivity contribution < 1.29 is 28.6 Å². The van der Waals surface area contributed by atoms with E-state index in [4.69, 9.17) is 21.1 Å². The maximum Gasteiger partial charge on any atom is 0.408 e. The average Bonchev–Trinajstić information content (AvgIpc) is 2.47. The van der Waals surface area contributed by atoms with E-state index < -0.39 is 30.2 Å². The standard InChI is InChI=1S/C17H23ClFNO5/c1-6-24-15-10(9(2)22)7-11(18)14(19)13(15)12(8-21)20-16(23)25-17(3,4)5/h7,12,21H,6,8H2,1-5H3,(H,20,23). The number of benzene rings is 1. The van der Waals surface area contributed by atoms with Crippen LogP contribution in [0.2, 0.25) is 5.02 Å². The number of aliphatic hydroxyl groups is 1. The summed E-state index contributed by atoms with van der Waals surface area (Å²) in [6, 6.07) is -0.0384. The number of hydrogen-bond acceptors (Lipinski definition) is 5. The van der Waals surface area contributed by atoms with Crippen LogP contribution in [0.5, 0.6) is 5.75 Å². The molecule has 140 valence electrons. The lowest BCUT2D eigenvalue weighted by Crippen LogP contribution is -2.37. The van der Waals surface area contributed by atoms with Gasteiger partial charge in [-0.2, -0.15) is 0 Å². The zero-order valence-electron chi connectivity index (χ0n) is 14.9. The van der Waals surface area contributed by atoms with E-state index in [9.17, 15) is 19.1 Å². The van der Waals surface area contributed by atoms with Gasteiger partial charge in [0.25, 0.3) is 0 Å². The van der Waals surface area contributed by atoms with Crippen LogP contribution in [0.1, 0.15) is 56.6 Å². The summed E-state index contributed by atoms with van der Waals surface area (Å²) in [7, 11) is 0. The Bertz CT molecular complexity index is 657. The number of Topliss-reactive ketones (excluding diaryl/α,β-unsaturated/α-hetero) is 1. The van der Waals surface area contributed by atoms with Crippen molar-refractivity contribution in [2.45, 2.75) is 46.3 Å². The molecule has 0 heterocycles. The molecule has 1 aromatic carbocycles. The maximum absolute atomic E-state index is 14.6. The van der Waals surface area contributed by atoms with Gasteiger partial charge in [0, 0.05) is 0 Å². The van der Waals surface area contributed by atoms with Crippen LogP contribution in [-0.4, -0.2) is 35.8 Å². The van der Waals surface area contributed by atoms with Crippen LogP contribution < -0.4 is 10.1 Å². The predicted octanol–water partition coefficient (Wildman–Crippen LogP) is 3.64. The molecule has 1 atom stereocenters. The number of alkyl carbamates (subject to hydrolysis) is 1. The van der Waals surface area contributed by atoms with Crippen LogP contribution in [-0.2, 0) is 4.74 Å². The Kier molecular flexibility index (Phi) is 7.19. The van der Waals surface area contributed by atoms with Crippen LogP contribution >= 0.6 is 11.6 Å². The third-order valence-corrected chi connectivity index (χ3v) is 3.37. The molecule has 1 aromatic rings. The molecule has 8 heteroatoms. The lowest BCUT2D eigenvalue weighted by molar-refractivity contribution is 0.0479. The number of ketones is 1. The second-order valence-corrected chi connectivity index (χ2v) is 6.74. The van der Waals surface area contributed by atoms with Gasteiger partial charge < -0.3 is 19.9 Å². The third kappa shape index (κ3) is 5.57. The Morgan fingerprint density at radius 1 is 1.40 bits per heavy atom. The Labute approximate surface area is 151 Å². The quantitative estimate of drug-likeness (QED) is 0.741. The van der Waals surface area contributed by atoms with Crippen molar-refractivity contribution in [2.75, 3.05) is 13.2 Å². The van der Waals surface area contributed by atoms with Gasteiger partial charge in [-0.3, -0.25) is 4.79 Å². The summed E-state index contributed by atoms with van der Waals surface area (Å²) in [6.07, 6.45) is -0.849. The third-order valence-electron chi connectivity index (χ3n) is 3.10. The monoisotopic (exact) mass is 375 g/mol. The number of aliphatic hydroxyl groups excluding tert-OH is 1. The lowest BCUT2D eigenvalue weighted by atomic mass is 9.99. The van der Waals surface area contributed by atoms with E-state index in [0.717, 1.165) is 6.07 Å². The van der Waals surface area contributed by atoms with Gasteiger partial charge in [0.1, 0.15) is 11.4 Å². The smallest absolute Gasteiger partial charge is 0.408 e. The van der Waals surface area contributed by atoms with Gasteiger partial charge in [-0.1, -0.05) is 11.6 Å². The van der Waals surface area contributed by atoms with Crippen molar-refractivity contribution in [3.8, 4) is 5.75 Å². The predicted molar refractivity (Wildman–Crippen MR) is 91.8 cm³/mol. The molecule has 0 fully saturated rings. The van der Waals surface area contributed by atoms with E-state index in [1.54, 1.807) is 27.7 Å². The maximum atomic E-state index is 14.6. The molecule has 0 aliphatic heterocycles. The zero-order chi connectivity index (χ0) is 19.4. The minimum absolute atomic E-state index is 0.0627. The largest absolute Gasteiger partial charge is 0.493 e. The van der Waals surface area contributed by atoms with Crippen molar-refractivity contribution in [1.29, 1.82) is 0 Å². The van der Waals surface area contributed by atoms with Crippen molar-refractivity contribution in [1.82, 2.24) is 5.32 Å². The van der Waals surface area contributed by atoms with Gasteiger partial charge >= 0.3 is 6.09 Å². The van der Waals surface area contributed by atoms with Gasteiger partial charge in [0.05, 0.1) is 35.4 Å². The fourth-order valence-electron chi connectivity index (χ4n) is 2.16. The van der Waals surface area contributed by atoms with E-state index in [2.05, 4.69) is 5.32 Å². The molecular formula is C17H23ClFNO5. The summed E-state index contributed by atoms with van der Waals surface area (Å²) in [5, 5.41) is 11.7. The Balaban J connectivity index is 3.39. The molecule has 0 spiro atoms. The molecule has 1 rings (SSSR count). The molecule has 0 saturated heterocycles. The minimum atomic E-state index is -1.20. The number of ether oxygens (including phenoxy) is 2. The number of amides is 1. The average molecular weight is 376 g/mol. The fraction of sp³-hybridized carbons (Fsp3) is 0.529. The number of nitrogens with one attached hydrogen (secondary N) is 1. The molecular weight excluding hydrogens is 353 g/mol. The molecule has 0 aliphatic rings. The van der Waals surface area contributed by atoms with E-state index in [0.29, 0.717) is 0 Å². The van der Waals surface area contributed by atoms with Crippen LogP contribution in [0.4, 0.5) is 9.18 Å². The van der Waals surface area contributed by atoms with Crippen LogP contribution in [0, 0.1) is 5.82 Å². The SMILES string of the molecule is CCOc1c(C(C)=O)cc(Cl)c(F)c1C(CO)NC(=O)OC(C)(C)C. The normalized spacial score (nSPS) is 12.5. The summed E-state index contributed by atoms with van der Waals surface area (Å²) >= 11 is 5.87. The summed E-state index contributed by atoms with van der Waals surface area (Å²) in [5.74, 6) is -1.34. The van der Waals surface area contributed by atoms with Crippen molar-refractivity contribution in [2.24, 2.45) is 0 Å². The number of carbonyl (C=O) groups is 2. The lowest BCUT2D eigenvalue weighted by Gasteiger charge is -2.25. The molecule has 0 aromatic heterocycles. The Morgan fingerprint density at radius 2 is 2.00 bits per heavy atom. The zero-order valence-corrected chi connectivity index (χ0v) is 15.7. The van der Waals surface area contributed by atoms with E-state index in [-0.39, 0.29) is 34.3 Å². The van der Waals surface area contributed by atoms with Crippen molar-refractivity contribution in [3.05, 3.63) is 28.0 Å². The number of hydrogen-bond donors (Lipinski definition) is 2. The molecule has 0 aliphatic carbocycles. The second kappa shape index (κ2) is 8.49. The van der Waals surface area contributed by atoms with Gasteiger partial charge in [-0.15, -0.1) is 0 Å². The first-order valence-corrected chi connectivity index (χ1v) is 8.15. The van der Waals surface area contributed by atoms with Crippen LogP contribution in [0.25, 0.3) is 0 Å². The van der Waals surface area contributed by atoms with Crippen LogP contribution in [0.15, 0.2) is 6.07 Å². The Morgan fingerprint density at radius 3 is 2.44 bits per heavy atom. The van der Waals surface area contributed by atoms with E-state index >= 15 is 0 Å². The van der Waals surface area contributed by atoms with Crippen LogP contribution in [0.3, 0.4) is 0 Å². The van der Waals surface area contributed by atoms with Gasteiger partial charge in [-0.05, 0) is 40.7 Å². The minimum Gasteiger partial charge on any atom is -0.493 e. The molecule has 25 heavy (non-hydrogen) atoms. The molecule has 0 radical (unpaired) electrons. The highest BCUT2D eigenvalue weighted by atomic mass is 35.5. The molecule has 1 amide bonds. The summed E-state index contributed by atoms with van der Waals surface area (Å²) in [6.45, 7) is 7.45. The van der Waals surface area contributed by atoms with Gasteiger partial charge in [0.2, 0.25) is 0 Å². The van der Waals surface area contributed by atoms with E-state index in [1.165, 1.54) is 6.92 Å². The fourth-order valence-corrected chi connectivity index (χ4v) is 2.37. The molecule has 6 nitrogen and oxygen atoms in total. The molecule has 0 bridgehead atoms. The number of carbonyl (C=O) groups excluding carboxylic acids is 2. The van der Waals surface area contributed by atoms with Gasteiger partial charge in [-0.25, -0.2) is 9.18 Å². The van der Waals surface area contributed by atoms with E-state index in [1.807, 2.05) is 0 Å². The number of halogens is 2. The number of rotatable bonds is 6. The first-order valence-electron chi connectivity index (χ1n) is 7.77. The second-order valence-electron chi connectivity index (χ2n) is 6.33. The highest BCUT2D eigenvalue weighted by molar-refractivity contribution is 6.31. The first-order chi connectivity index (χ1) is 11.5.